The fourth-order valence-corrected chi connectivity index (χ4v) is 5.16. The number of nitrogens with zero attached hydrogens (tertiary/aromatic N) is 1. The topological polar surface area (TPSA) is 46.3 Å². The summed E-state index contributed by atoms with van der Waals surface area (Å²) in [6.45, 7) is 8.42. The Kier molecular flexibility index (Phi) is 3.35. The van der Waals surface area contributed by atoms with E-state index in [4.69, 9.17) is 5.73 Å². The summed E-state index contributed by atoms with van der Waals surface area (Å²) in [5.41, 5.74) is 9.13. The number of fused-ring (bicyclic) bond motifs is 4. The average Bonchev–Trinajstić information content (AvgIpc) is 3.34. The standard InChI is InChI=1S/C20H28N2O/c1-12-18-11-15-6-7-16(19(21)23)10-17(15)20(12,3)8-9-22(18)13(2)14-4-5-14/h6-7,10,12-14,18H,4-5,8-9,11H2,1-3H3,(H2,21,23)/t12-,13+,18?,20+/m0/s1. The number of benzene rings is 1. The molecule has 4 atom stereocenters. The van der Waals surface area contributed by atoms with E-state index in [1.54, 1.807) is 0 Å². The van der Waals surface area contributed by atoms with Crippen molar-refractivity contribution in [3.05, 3.63) is 34.9 Å². The molecule has 4 rings (SSSR count). The number of amides is 1. The van der Waals surface area contributed by atoms with Crippen molar-refractivity contribution < 1.29 is 4.79 Å². The number of likely N-dealkylation sites (tertiary alicyclic amines) is 1. The minimum atomic E-state index is -0.314. The van der Waals surface area contributed by atoms with Crippen LogP contribution < -0.4 is 5.73 Å². The number of carbonyl (C=O) groups is 1. The summed E-state index contributed by atoms with van der Waals surface area (Å²) in [6.07, 6.45) is 5.11. The highest BCUT2D eigenvalue weighted by atomic mass is 16.1. The summed E-state index contributed by atoms with van der Waals surface area (Å²) >= 11 is 0. The Morgan fingerprint density at radius 1 is 1.39 bits per heavy atom. The maximum absolute atomic E-state index is 11.6. The predicted molar refractivity (Wildman–Crippen MR) is 92.5 cm³/mol. The quantitative estimate of drug-likeness (QED) is 0.932. The molecule has 2 fully saturated rings. The molecule has 3 aliphatic rings. The SMILES string of the molecule is C[C@H](C1CC1)N1CC[C@@]2(C)c3cc(C(N)=O)ccc3CC1[C@@H]2C. The first-order chi connectivity index (χ1) is 10.9. The first-order valence-electron chi connectivity index (χ1n) is 9.11. The van der Waals surface area contributed by atoms with Gasteiger partial charge in [-0.2, -0.15) is 0 Å². The van der Waals surface area contributed by atoms with Crippen LogP contribution in [0.25, 0.3) is 0 Å². The van der Waals surface area contributed by atoms with E-state index in [0.717, 1.165) is 18.4 Å². The zero-order chi connectivity index (χ0) is 16.4. The summed E-state index contributed by atoms with van der Waals surface area (Å²) in [7, 11) is 0. The number of primary amides is 1. The second-order valence-electron chi connectivity index (χ2n) is 8.28. The molecule has 0 spiro atoms. The highest BCUT2D eigenvalue weighted by molar-refractivity contribution is 5.93. The van der Waals surface area contributed by atoms with Crippen molar-refractivity contribution in [2.24, 2.45) is 17.6 Å². The third-order valence-electron chi connectivity index (χ3n) is 7.16. The molecule has 1 saturated heterocycles. The minimum absolute atomic E-state index is 0.170. The lowest BCUT2D eigenvalue weighted by Gasteiger charge is -2.56. The van der Waals surface area contributed by atoms with Gasteiger partial charge in [-0.05, 0) is 79.7 Å². The molecular formula is C20H28N2O. The smallest absolute Gasteiger partial charge is 0.248 e. The number of carbonyl (C=O) groups excluding carboxylic acids is 1. The number of rotatable bonds is 3. The predicted octanol–water partition coefficient (Wildman–Crippen LogP) is 3.11. The maximum atomic E-state index is 11.6. The van der Waals surface area contributed by atoms with E-state index in [9.17, 15) is 4.79 Å². The van der Waals surface area contributed by atoms with Gasteiger partial charge in [0.1, 0.15) is 0 Å². The molecule has 0 radical (unpaired) electrons. The van der Waals surface area contributed by atoms with Crippen molar-refractivity contribution in [2.75, 3.05) is 6.54 Å². The molecule has 1 heterocycles. The zero-order valence-electron chi connectivity index (χ0n) is 14.5. The van der Waals surface area contributed by atoms with E-state index in [1.807, 2.05) is 6.07 Å². The molecular weight excluding hydrogens is 284 g/mol. The average molecular weight is 312 g/mol. The Hall–Kier alpha value is -1.35. The molecule has 1 amide bonds. The fraction of sp³-hybridized carbons (Fsp3) is 0.650. The van der Waals surface area contributed by atoms with Crippen molar-refractivity contribution >= 4 is 5.91 Å². The second kappa shape index (κ2) is 5.07. The summed E-state index contributed by atoms with van der Waals surface area (Å²) in [4.78, 5) is 14.4. The van der Waals surface area contributed by atoms with Gasteiger partial charge < -0.3 is 5.73 Å². The monoisotopic (exact) mass is 312 g/mol. The van der Waals surface area contributed by atoms with E-state index >= 15 is 0 Å². The summed E-state index contributed by atoms with van der Waals surface area (Å²) in [6, 6.07) is 7.49. The molecule has 124 valence electrons. The van der Waals surface area contributed by atoms with Crippen molar-refractivity contribution in [1.29, 1.82) is 0 Å². The van der Waals surface area contributed by atoms with Crippen molar-refractivity contribution in [1.82, 2.24) is 4.90 Å². The van der Waals surface area contributed by atoms with E-state index in [0.29, 0.717) is 17.5 Å². The highest BCUT2D eigenvalue weighted by Crippen LogP contribution is 2.50. The molecule has 3 heteroatoms. The molecule has 3 nitrogen and oxygen atoms in total. The Morgan fingerprint density at radius 2 is 2.13 bits per heavy atom. The van der Waals surface area contributed by atoms with E-state index in [-0.39, 0.29) is 11.3 Å². The number of hydrogen-bond acceptors (Lipinski definition) is 2. The van der Waals surface area contributed by atoms with Crippen molar-refractivity contribution in [3.8, 4) is 0 Å². The molecule has 1 unspecified atom stereocenters. The van der Waals surface area contributed by atoms with Crippen LogP contribution in [-0.4, -0.2) is 29.4 Å². The van der Waals surface area contributed by atoms with Crippen LogP contribution in [0.5, 0.6) is 0 Å². The van der Waals surface area contributed by atoms with Crippen LogP contribution in [0.4, 0.5) is 0 Å². The Bertz CT molecular complexity index is 651. The number of piperidine rings is 1. The van der Waals surface area contributed by atoms with E-state index in [2.05, 4.69) is 37.8 Å². The van der Waals surface area contributed by atoms with Gasteiger partial charge in [-0.1, -0.05) is 19.9 Å². The molecule has 1 saturated carbocycles. The summed E-state index contributed by atoms with van der Waals surface area (Å²) in [5, 5.41) is 0. The second-order valence-corrected chi connectivity index (χ2v) is 8.28. The van der Waals surface area contributed by atoms with Crippen LogP contribution >= 0.6 is 0 Å². The first kappa shape index (κ1) is 15.2. The largest absolute Gasteiger partial charge is 0.366 e. The Morgan fingerprint density at radius 3 is 2.78 bits per heavy atom. The zero-order valence-corrected chi connectivity index (χ0v) is 14.5. The van der Waals surface area contributed by atoms with Crippen LogP contribution in [0, 0.1) is 11.8 Å². The number of nitrogens with two attached hydrogens (primary N) is 1. The van der Waals surface area contributed by atoms with Gasteiger partial charge in [0.2, 0.25) is 5.91 Å². The van der Waals surface area contributed by atoms with Gasteiger partial charge in [0.05, 0.1) is 0 Å². The van der Waals surface area contributed by atoms with Crippen LogP contribution in [0.3, 0.4) is 0 Å². The summed E-state index contributed by atoms with van der Waals surface area (Å²) < 4.78 is 0. The number of hydrogen-bond donors (Lipinski definition) is 1. The van der Waals surface area contributed by atoms with E-state index in [1.165, 1.54) is 36.9 Å². The van der Waals surface area contributed by atoms with Crippen LogP contribution in [-0.2, 0) is 11.8 Å². The van der Waals surface area contributed by atoms with Crippen LogP contribution in [0.2, 0.25) is 0 Å². The van der Waals surface area contributed by atoms with Gasteiger partial charge in [-0.25, -0.2) is 0 Å². The first-order valence-corrected chi connectivity index (χ1v) is 9.11. The van der Waals surface area contributed by atoms with Gasteiger partial charge in [0.15, 0.2) is 0 Å². The van der Waals surface area contributed by atoms with E-state index < -0.39 is 0 Å². The van der Waals surface area contributed by atoms with Crippen molar-refractivity contribution in [2.45, 2.75) is 64.0 Å². The lowest BCUT2D eigenvalue weighted by atomic mass is 9.58. The van der Waals surface area contributed by atoms with Gasteiger partial charge >= 0.3 is 0 Å². The van der Waals surface area contributed by atoms with Crippen LogP contribution in [0.15, 0.2) is 18.2 Å². The molecule has 1 aromatic carbocycles. The molecule has 2 N–H and O–H groups in total. The van der Waals surface area contributed by atoms with Gasteiger partial charge in [-0.15, -0.1) is 0 Å². The van der Waals surface area contributed by atoms with Gasteiger partial charge in [-0.3, -0.25) is 9.69 Å². The minimum Gasteiger partial charge on any atom is -0.366 e. The molecule has 23 heavy (non-hydrogen) atoms. The molecule has 2 bridgehead atoms. The Balaban J connectivity index is 1.73. The third-order valence-corrected chi connectivity index (χ3v) is 7.16. The van der Waals surface area contributed by atoms with Gasteiger partial charge in [0.25, 0.3) is 0 Å². The molecule has 2 aliphatic carbocycles. The molecule has 1 aromatic rings. The fourth-order valence-electron chi connectivity index (χ4n) is 5.16. The highest BCUT2D eigenvalue weighted by Gasteiger charge is 2.50. The lowest BCUT2D eigenvalue weighted by Crippen LogP contribution is -2.60. The maximum Gasteiger partial charge on any atom is 0.248 e. The molecule has 0 aromatic heterocycles. The lowest BCUT2D eigenvalue weighted by molar-refractivity contribution is 0.000499. The Labute approximate surface area is 139 Å². The van der Waals surface area contributed by atoms with Crippen LogP contribution in [0.1, 0.15) is 61.5 Å². The summed E-state index contributed by atoms with van der Waals surface area (Å²) in [5.74, 6) is 1.23. The third kappa shape index (κ3) is 2.24. The normalized spacial score (nSPS) is 34.7. The van der Waals surface area contributed by atoms with Gasteiger partial charge in [0, 0.05) is 17.6 Å². The van der Waals surface area contributed by atoms with Crippen molar-refractivity contribution in [3.63, 3.8) is 0 Å². The molecule has 1 aliphatic heterocycles.